The van der Waals surface area contributed by atoms with Gasteiger partial charge in [-0.1, -0.05) is 23.7 Å². The molecule has 0 unspecified atom stereocenters. The minimum atomic E-state index is -0.204. The Hall–Kier alpha value is -1.72. The molecule has 0 spiro atoms. The van der Waals surface area contributed by atoms with Gasteiger partial charge in [0.2, 0.25) is 0 Å². The Morgan fingerprint density at radius 3 is 2.82 bits per heavy atom. The standard InChI is InChI=1S/C16H15BrClNO3/c1-21-13-4-2-3-11(7-13)9-19-16(20)10-22-15-6-5-12(18)8-14(15)17/h2-8H,9-10H2,1H3,(H,19,20). The first-order chi connectivity index (χ1) is 10.6. The van der Waals surface area contributed by atoms with E-state index < -0.39 is 0 Å². The summed E-state index contributed by atoms with van der Waals surface area (Å²) in [6.45, 7) is 0.353. The lowest BCUT2D eigenvalue weighted by atomic mass is 10.2. The summed E-state index contributed by atoms with van der Waals surface area (Å²) in [6.07, 6.45) is 0. The van der Waals surface area contributed by atoms with Crippen molar-refractivity contribution in [2.75, 3.05) is 13.7 Å². The third-order valence-electron chi connectivity index (χ3n) is 2.88. The zero-order valence-electron chi connectivity index (χ0n) is 11.9. The van der Waals surface area contributed by atoms with Crippen molar-refractivity contribution in [2.24, 2.45) is 0 Å². The number of amides is 1. The molecule has 0 radical (unpaired) electrons. The van der Waals surface area contributed by atoms with E-state index in [-0.39, 0.29) is 12.5 Å². The molecule has 0 heterocycles. The lowest BCUT2D eigenvalue weighted by molar-refractivity contribution is -0.123. The maximum Gasteiger partial charge on any atom is 0.258 e. The molecule has 2 aromatic carbocycles. The van der Waals surface area contributed by atoms with E-state index >= 15 is 0 Å². The van der Waals surface area contributed by atoms with Gasteiger partial charge in [-0.2, -0.15) is 0 Å². The zero-order valence-corrected chi connectivity index (χ0v) is 14.3. The van der Waals surface area contributed by atoms with Crippen molar-refractivity contribution in [3.05, 3.63) is 57.5 Å². The van der Waals surface area contributed by atoms with Crippen LogP contribution >= 0.6 is 27.5 Å². The number of rotatable bonds is 6. The fraction of sp³-hybridized carbons (Fsp3) is 0.188. The van der Waals surface area contributed by atoms with E-state index in [1.807, 2.05) is 24.3 Å². The van der Waals surface area contributed by atoms with Crippen LogP contribution in [0.2, 0.25) is 5.02 Å². The molecule has 0 fully saturated rings. The highest BCUT2D eigenvalue weighted by Gasteiger charge is 2.06. The highest BCUT2D eigenvalue weighted by atomic mass is 79.9. The van der Waals surface area contributed by atoms with E-state index in [0.29, 0.717) is 21.8 Å². The molecule has 0 aliphatic rings. The third kappa shape index (κ3) is 4.93. The van der Waals surface area contributed by atoms with Crippen LogP contribution in [0.5, 0.6) is 11.5 Å². The van der Waals surface area contributed by atoms with Gasteiger partial charge in [0.25, 0.3) is 5.91 Å². The second kappa shape index (κ2) is 8.06. The van der Waals surface area contributed by atoms with Gasteiger partial charge < -0.3 is 14.8 Å². The topological polar surface area (TPSA) is 47.6 Å². The van der Waals surface area contributed by atoms with Crippen LogP contribution in [0.4, 0.5) is 0 Å². The quantitative estimate of drug-likeness (QED) is 0.824. The molecule has 4 nitrogen and oxygen atoms in total. The summed E-state index contributed by atoms with van der Waals surface area (Å²) >= 11 is 9.18. The fourth-order valence-corrected chi connectivity index (χ4v) is 2.57. The normalized spacial score (nSPS) is 10.1. The van der Waals surface area contributed by atoms with E-state index in [1.54, 1.807) is 25.3 Å². The molecule has 2 aromatic rings. The number of hydrogen-bond acceptors (Lipinski definition) is 3. The Labute approximate surface area is 142 Å². The van der Waals surface area contributed by atoms with Crippen LogP contribution < -0.4 is 14.8 Å². The first-order valence-corrected chi connectivity index (χ1v) is 7.73. The molecule has 0 bridgehead atoms. The smallest absolute Gasteiger partial charge is 0.258 e. The van der Waals surface area contributed by atoms with E-state index in [1.165, 1.54) is 0 Å². The fourth-order valence-electron chi connectivity index (χ4n) is 1.77. The number of benzene rings is 2. The van der Waals surface area contributed by atoms with Crippen LogP contribution in [0.25, 0.3) is 0 Å². The summed E-state index contributed by atoms with van der Waals surface area (Å²) in [5, 5.41) is 3.39. The van der Waals surface area contributed by atoms with Crippen molar-refractivity contribution < 1.29 is 14.3 Å². The van der Waals surface area contributed by atoms with Crippen molar-refractivity contribution in [2.45, 2.75) is 6.54 Å². The molecular formula is C16H15BrClNO3. The van der Waals surface area contributed by atoms with Crippen LogP contribution in [-0.2, 0) is 11.3 Å². The highest BCUT2D eigenvalue weighted by Crippen LogP contribution is 2.27. The van der Waals surface area contributed by atoms with Gasteiger partial charge in [0, 0.05) is 11.6 Å². The molecule has 0 aliphatic carbocycles. The predicted octanol–water partition coefficient (Wildman–Crippen LogP) is 3.81. The minimum absolute atomic E-state index is 0.0653. The summed E-state index contributed by atoms with van der Waals surface area (Å²) in [5.74, 6) is 1.12. The van der Waals surface area contributed by atoms with Gasteiger partial charge in [-0.3, -0.25) is 4.79 Å². The van der Waals surface area contributed by atoms with Crippen molar-refractivity contribution in [1.29, 1.82) is 0 Å². The van der Waals surface area contributed by atoms with Gasteiger partial charge in [-0.25, -0.2) is 0 Å². The largest absolute Gasteiger partial charge is 0.497 e. The maximum absolute atomic E-state index is 11.8. The van der Waals surface area contributed by atoms with E-state index in [9.17, 15) is 4.79 Å². The average Bonchev–Trinajstić information content (AvgIpc) is 2.52. The first kappa shape index (κ1) is 16.6. The molecule has 1 amide bonds. The molecule has 1 N–H and O–H groups in total. The number of carbonyl (C=O) groups excluding carboxylic acids is 1. The average molecular weight is 385 g/mol. The summed E-state index contributed by atoms with van der Waals surface area (Å²) in [4.78, 5) is 11.8. The van der Waals surface area contributed by atoms with Crippen LogP contribution in [0, 0.1) is 0 Å². The Kier molecular flexibility index (Phi) is 6.10. The molecule has 2 rings (SSSR count). The van der Waals surface area contributed by atoms with E-state index in [2.05, 4.69) is 21.2 Å². The van der Waals surface area contributed by atoms with Crippen molar-refractivity contribution in [1.82, 2.24) is 5.32 Å². The van der Waals surface area contributed by atoms with Gasteiger partial charge in [-0.15, -0.1) is 0 Å². The number of ether oxygens (including phenoxy) is 2. The lowest BCUT2D eigenvalue weighted by Crippen LogP contribution is -2.28. The number of carbonyl (C=O) groups is 1. The molecule has 22 heavy (non-hydrogen) atoms. The lowest BCUT2D eigenvalue weighted by Gasteiger charge is -2.09. The number of methoxy groups -OCH3 is 1. The monoisotopic (exact) mass is 383 g/mol. The molecule has 0 aromatic heterocycles. The maximum atomic E-state index is 11.8. The summed E-state index contributed by atoms with van der Waals surface area (Å²) in [6, 6.07) is 12.6. The van der Waals surface area contributed by atoms with E-state index in [0.717, 1.165) is 11.3 Å². The van der Waals surface area contributed by atoms with Crippen LogP contribution in [0.15, 0.2) is 46.9 Å². The Bertz CT molecular complexity index is 664. The van der Waals surface area contributed by atoms with Crippen LogP contribution in [-0.4, -0.2) is 19.6 Å². The second-order valence-corrected chi connectivity index (χ2v) is 5.78. The Morgan fingerprint density at radius 1 is 1.27 bits per heavy atom. The molecule has 0 atom stereocenters. The Balaban J connectivity index is 1.82. The van der Waals surface area contributed by atoms with Crippen LogP contribution in [0.1, 0.15) is 5.56 Å². The molecule has 6 heteroatoms. The zero-order chi connectivity index (χ0) is 15.9. The van der Waals surface area contributed by atoms with Gasteiger partial charge in [0.1, 0.15) is 11.5 Å². The number of nitrogens with one attached hydrogen (secondary N) is 1. The predicted molar refractivity (Wildman–Crippen MR) is 89.5 cm³/mol. The summed E-state index contributed by atoms with van der Waals surface area (Å²) in [5.41, 5.74) is 0.959. The SMILES string of the molecule is COc1cccc(CNC(=O)COc2ccc(Cl)cc2Br)c1. The number of halogens is 2. The minimum Gasteiger partial charge on any atom is -0.497 e. The van der Waals surface area contributed by atoms with Gasteiger partial charge in [0.15, 0.2) is 6.61 Å². The molecule has 0 saturated carbocycles. The highest BCUT2D eigenvalue weighted by molar-refractivity contribution is 9.10. The van der Waals surface area contributed by atoms with Crippen molar-refractivity contribution >= 4 is 33.4 Å². The third-order valence-corrected chi connectivity index (χ3v) is 3.73. The second-order valence-electron chi connectivity index (χ2n) is 4.49. The van der Waals surface area contributed by atoms with E-state index in [4.69, 9.17) is 21.1 Å². The summed E-state index contributed by atoms with van der Waals surface area (Å²) < 4.78 is 11.3. The van der Waals surface area contributed by atoms with Gasteiger partial charge in [0.05, 0.1) is 11.6 Å². The van der Waals surface area contributed by atoms with Crippen LogP contribution in [0.3, 0.4) is 0 Å². The molecule has 0 aliphatic heterocycles. The van der Waals surface area contributed by atoms with Gasteiger partial charge >= 0.3 is 0 Å². The van der Waals surface area contributed by atoms with Gasteiger partial charge in [-0.05, 0) is 51.8 Å². The molecule has 0 saturated heterocycles. The molecule has 116 valence electrons. The first-order valence-electron chi connectivity index (χ1n) is 6.56. The number of hydrogen-bond donors (Lipinski definition) is 1. The van der Waals surface area contributed by atoms with Crippen molar-refractivity contribution in [3.63, 3.8) is 0 Å². The Morgan fingerprint density at radius 2 is 2.09 bits per heavy atom. The van der Waals surface area contributed by atoms with Crippen molar-refractivity contribution in [3.8, 4) is 11.5 Å². The molecular weight excluding hydrogens is 370 g/mol. The summed E-state index contributed by atoms with van der Waals surface area (Å²) in [7, 11) is 1.61.